The molecule has 0 radical (unpaired) electrons. The van der Waals surface area contributed by atoms with Gasteiger partial charge in [0, 0.05) is 17.8 Å². The van der Waals surface area contributed by atoms with Crippen LogP contribution in [-0.4, -0.2) is 5.11 Å². The zero-order chi connectivity index (χ0) is 12.3. The number of pyridine rings is 1. The van der Waals surface area contributed by atoms with E-state index in [0.717, 1.165) is 23.5 Å². The number of hydrogen-bond donors (Lipinski definition) is 2. The van der Waals surface area contributed by atoms with E-state index < -0.39 is 0 Å². The number of nitrogens with one attached hydrogen (secondary N) is 1. The molecule has 0 spiro atoms. The molecule has 0 saturated heterocycles. The Balaban J connectivity index is 2.22. The summed E-state index contributed by atoms with van der Waals surface area (Å²) in [6, 6.07) is 9.59. The zero-order valence-corrected chi connectivity index (χ0v) is 10.1. The van der Waals surface area contributed by atoms with Crippen molar-refractivity contribution in [1.82, 2.24) is 0 Å². The van der Waals surface area contributed by atoms with Gasteiger partial charge in [-0.05, 0) is 31.5 Å². The number of aromatic hydroxyl groups is 1. The Morgan fingerprint density at radius 3 is 2.76 bits per heavy atom. The van der Waals surface area contributed by atoms with Crippen molar-refractivity contribution in [3.63, 3.8) is 0 Å². The van der Waals surface area contributed by atoms with Crippen LogP contribution in [0.15, 0.2) is 42.7 Å². The highest BCUT2D eigenvalue weighted by Crippen LogP contribution is 2.23. The summed E-state index contributed by atoms with van der Waals surface area (Å²) in [5, 5.41) is 12.9. The number of anilines is 2. The average Bonchev–Trinajstić information content (AvgIpc) is 2.34. The van der Waals surface area contributed by atoms with Gasteiger partial charge in [0.15, 0.2) is 12.4 Å². The van der Waals surface area contributed by atoms with E-state index in [1.165, 1.54) is 0 Å². The van der Waals surface area contributed by atoms with E-state index in [4.69, 9.17) is 0 Å². The van der Waals surface area contributed by atoms with Gasteiger partial charge >= 0.3 is 0 Å². The molecule has 2 aromatic rings. The van der Waals surface area contributed by atoms with Gasteiger partial charge in [-0.15, -0.1) is 0 Å². The normalized spacial score (nSPS) is 10.2. The van der Waals surface area contributed by atoms with Crippen LogP contribution in [0.5, 0.6) is 5.75 Å². The minimum absolute atomic E-state index is 0.314. The standard InChI is InChI=1S/C14H16N2O/c1-3-16-8-4-5-13(10-16)15-12-7-6-11(2)14(17)9-12/h4-10,15H,3H2,1-2H3/p+1. The lowest BCUT2D eigenvalue weighted by molar-refractivity contribution is -0.692. The van der Waals surface area contributed by atoms with Crippen molar-refractivity contribution in [2.45, 2.75) is 20.4 Å². The van der Waals surface area contributed by atoms with Gasteiger partial charge < -0.3 is 10.4 Å². The van der Waals surface area contributed by atoms with Gasteiger partial charge in [0.05, 0.1) is 0 Å². The van der Waals surface area contributed by atoms with Gasteiger partial charge in [0.25, 0.3) is 0 Å². The molecule has 0 aliphatic rings. The third-order valence-electron chi connectivity index (χ3n) is 2.72. The van der Waals surface area contributed by atoms with Crippen molar-refractivity contribution >= 4 is 11.4 Å². The molecule has 0 atom stereocenters. The number of hydrogen-bond acceptors (Lipinski definition) is 2. The molecule has 0 saturated carbocycles. The van der Waals surface area contributed by atoms with Crippen molar-refractivity contribution in [3.8, 4) is 5.75 Å². The first-order valence-electron chi connectivity index (χ1n) is 5.75. The average molecular weight is 229 g/mol. The van der Waals surface area contributed by atoms with E-state index >= 15 is 0 Å². The molecule has 0 unspecified atom stereocenters. The third kappa shape index (κ3) is 2.75. The van der Waals surface area contributed by atoms with Crippen LogP contribution in [0.3, 0.4) is 0 Å². The number of benzene rings is 1. The SMILES string of the molecule is CC[n+]1cccc(Nc2ccc(C)c(O)c2)c1. The molecule has 0 aliphatic carbocycles. The molecule has 1 aromatic heterocycles. The maximum absolute atomic E-state index is 9.63. The molecule has 2 N–H and O–H groups in total. The second kappa shape index (κ2) is 4.87. The van der Waals surface area contributed by atoms with E-state index in [1.54, 1.807) is 6.07 Å². The van der Waals surface area contributed by atoms with Gasteiger partial charge in [0.2, 0.25) is 0 Å². The van der Waals surface area contributed by atoms with Crippen molar-refractivity contribution in [3.05, 3.63) is 48.3 Å². The molecule has 1 aromatic carbocycles. The van der Waals surface area contributed by atoms with Gasteiger partial charge in [-0.1, -0.05) is 6.07 Å². The summed E-state index contributed by atoms with van der Waals surface area (Å²) in [6.45, 7) is 4.92. The predicted molar refractivity (Wildman–Crippen MR) is 68.4 cm³/mol. The first-order chi connectivity index (χ1) is 8.19. The van der Waals surface area contributed by atoms with Crippen molar-refractivity contribution in [1.29, 1.82) is 0 Å². The van der Waals surface area contributed by atoms with E-state index in [2.05, 4.69) is 16.8 Å². The van der Waals surface area contributed by atoms with Crippen LogP contribution in [-0.2, 0) is 6.54 Å². The highest BCUT2D eigenvalue weighted by atomic mass is 16.3. The molecule has 0 amide bonds. The Hall–Kier alpha value is -2.03. The molecule has 3 heteroatoms. The number of phenols is 1. The third-order valence-corrected chi connectivity index (χ3v) is 2.72. The lowest BCUT2D eigenvalue weighted by Gasteiger charge is -2.06. The fourth-order valence-electron chi connectivity index (χ4n) is 1.65. The number of phenolic OH excluding ortho intramolecular Hbond substituents is 1. The summed E-state index contributed by atoms with van der Waals surface area (Å²) in [4.78, 5) is 0. The maximum Gasteiger partial charge on any atom is 0.192 e. The number of aryl methyl sites for hydroxylation is 2. The van der Waals surface area contributed by atoms with E-state index in [-0.39, 0.29) is 0 Å². The van der Waals surface area contributed by atoms with Gasteiger partial charge in [-0.25, -0.2) is 4.57 Å². The van der Waals surface area contributed by atoms with Crippen LogP contribution in [0.25, 0.3) is 0 Å². The summed E-state index contributed by atoms with van der Waals surface area (Å²) in [5.74, 6) is 0.314. The topological polar surface area (TPSA) is 36.1 Å². The fraction of sp³-hybridized carbons (Fsp3) is 0.214. The molecule has 1 heterocycles. The Kier molecular flexibility index (Phi) is 3.28. The Morgan fingerprint density at radius 2 is 2.06 bits per heavy atom. The molecular formula is C14H17N2O+. The molecule has 3 nitrogen and oxygen atoms in total. The zero-order valence-electron chi connectivity index (χ0n) is 10.1. The van der Waals surface area contributed by atoms with Crippen LogP contribution in [0, 0.1) is 6.92 Å². The van der Waals surface area contributed by atoms with Crippen LogP contribution in [0.4, 0.5) is 11.4 Å². The van der Waals surface area contributed by atoms with Gasteiger partial charge in [-0.2, -0.15) is 0 Å². The monoisotopic (exact) mass is 229 g/mol. The first kappa shape index (κ1) is 11.5. The molecule has 0 bridgehead atoms. The maximum atomic E-state index is 9.63. The Bertz CT molecular complexity index is 523. The van der Waals surface area contributed by atoms with Gasteiger partial charge in [-0.3, -0.25) is 0 Å². The summed E-state index contributed by atoms with van der Waals surface area (Å²) in [6.07, 6.45) is 4.06. The Morgan fingerprint density at radius 1 is 1.24 bits per heavy atom. The molecule has 2 rings (SSSR count). The van der Waals surface area contributed by atoms with Gasteiger partial charge in [0.1, 0.15) is 18.0 Å². The summed E-state index contributed by atoms with van der Waals surface area (Å²) >= 11 is 0. The number of aromatic nitrogens is 1. The van der Waals surface area contributed by atoms with Crippen LogP contribution >= 0.6 is 0 Å². The summed E-state index contributed by atoms with van der Waals surface area (Å²) in [5.41, 5.74) is 2.78. The second-order valence-electron chi connectivity index (χ2n) is 4.05. The van der Waals surface area contributed by atoms with E-state index in [0.29, 0.717) is 5.75 Å². The Labute approximate surface area is 101 Å². The highest BCUT2D eigenvalue weighted by Gasteiger charge is 2.02. The van der Waals surface area contributed by atoms with Crippen LogP contribution in [0.2, 0.25) is 0 Å². The molecular weight excluding hydrogens is 212 g/mol. The molecule has 17 heavy (non-hydrogen) atoms. The van der Waals surface area contributed by atoms with Crippen molar-refractivity contribution in [2.75, 3.05) is 5.32 Å². The molecule has 88 valence electrons. The predicted octanol–water partition coefficient (Wildman–Crippen LogP) is 2.75. The largest absolute Gasteiger partial charge is 0.508 e. The minimum atomic E-state index is 0.314. The van der Waals surface area contributed by atoms with E-state index in [9.17, 15) is 5.11 Å². The summed E-state index contributed by atoms with van der Waals surface area (Å²) in [7, 11) is 0. The van der Waals surface area contributed by atoms with Crippen LogP contribution < -0.4 is 9.88 Å². The van der Waals surface area contributed by atoms with Crippen molar-refractivity contribution in [2.24, 2.45) is 0 Å². The van der Waals surface area contributed by atoms with Crippen LogP contribution in [0.1, 0.15) is 12.5 Å². The molecule has 0 fully saturated rings. The lowest BCUT2D eigenvalue weighted by atomic mass is 10.2. The summed E-state index contributed by atoms with van der Waals surface area (Å²) < 4.78 is 2.09. The minimum Gasteiger partial charge on any atom is -0.508 e. The quantitative estimate of drug-likeness (QED) is 0.794. The number of nitrogens with zero attached hydrogens (tertiary/aromatic N) is 1. The fourth-order valence-corrected chi connectivity index (χ4v) is 1.65. The lowest BCUT2D eigenvalue weighted by Crippen LogP contribution is -2.31. The number of rotatable bonds is 3. The first-order valence-corrected chi connectivity index (χ1v) is 5.75. The molecule has 0 aliphatic heterocycles. The van der Waals surface area contributed by atoms with E-state index in [1.807, 2.05) is 43.6 Å². The second-order valence-corrected chi connectivity index (χ2v) is 4.05. The smallest absolute Gasteiger partial charge is 0.192 e. The van der Waals surface area contributed by atoms with Crippen molar-refractivity contribution < 1.29 is 9.67 Å². The highest BCUT2D eigenvalue weighted by molar-refractivity contribution is 5.60.